The minimum Gasteiger partial charge on any atom is -0.342 e. The Morgan fingerprint density at radius 2 is 2.00 bits per heavy atom. The molecular formula is C19H31Cl2N3OS. The van der Waals surface area contributed by atoms with E-state index in [4.69, 9.17) is 4.98 Å². The predicted octanol–water partition coefficient (Wildman–Crippen LogP) is 4.18. The van der Waals surface area contributed by atoms with E-state index in [1.54, 1.807) is 11.3 Å². The molecule has 1 N–H and O–H groups in total. The number of rotatable bonds is 4. The van der Waals surface area contributed by atoms with E-state index < -0.39 is 0 Å². The quantitative estimate of drug-likeness (QED) is 0.795. The number of amides is 1. The second-order valence-electron chi connectivity index (χ2n) is 7.89. The number of halogens is 2. The van der Waals surface area contributed by atoms with Crippen molar-refractivity contribution in [1.29, 1.82) is 0 Å². The lowest BCUT2D eigenvalue weighted by Crippen LogP contribution is -2.43. The van der Waals surface area contributed by atoms with E-state index >= 15 is 0 Å². The zero-order valence-corrected chi connectivity index (χ0v) is 17.9. The Balaban J connectivity index is 0.00000121. The SMILES string of the molecule is CCc1csc(C2CCCN(C(=O)CC3CC4CCC(C3)N4)C2)n1.Cl.Cl. The van der Waals surface area contributed by atoms with Gasteiger partial charge in [-0.15, -0.1) is 36.2 Å². The van der Waals surface area contributed by atoms with E-state index in [1.807, 2.05) is 0 Å². The lowest BCUT2D eigenvalue weighted by Gasteiger charge is -2.34. The standard InChI is InChI=1S/C19H29N3OS.2ClH/c1-2-15-12-24-19(21-15)14-4-3-7-22(11-14)18(23)10-13-8-16-5-6-17(9-13)20-16;;/h12-14,16-17,20H,2-11H2,1H3;2*1H. The molecule has 3 aliphatic rings. The smallest absolute Gasteiger partial charge is 0.222 e. The molecule has 4 heterocycles. The largest absolute Gasteiger partial charge is 0.342 e. The van der Waals surface area contributed by atoms with Crippen LogP contribution in [-0.4, -0.2) is 41.0 Å². The first-order valence-corrected chi connectivity index (χ1v) is 10.6. The van der Waals surface area contributed by atoms with Crippen LogP contribution in [0.2, 0.25) is 0 Å². The van der Waals surface area contributed by atoms with E-state index in [0.29, 0.717) is 29.8 Å². The molecule has 3 unspecified atom stereocenters. The molecule has 3 saturated heterocycles. The van der Waals surface area contributed by atoms with Crippen molar-refractivity contribution in [1.82, 2.24) is 15.2 Å². The molecule has 0 saturated carbocycles. The van der Waals surface area contributed by atoms with Crippen molar-refractivity contribution < 1.29 is 4.79 Å². The van der Waals surface area contributed by atoms with E-state index in [-0.39, 0.29) is 24.8 Å². The van der Waals surface area contributed by atoms with Crippen molar-refractivity contribution in [3.8, 4) is 0 Å². The lowest BCUT2D eigenvalue weighted by molar-refractivity contribution is -0.133. The number of hydrogen-bond acceptors (Lipinski definition) is 4. The van der Waals surface area contributed by atoms with Crippen LogP contribution in [0.15, 0.2) is 5.38 Å². The van der Waals surface area contributed by atoms with Crippen molar-refractivity contribution in [2.75, 3.05) is 13.1 Å². The number of carbonyl (C=O) groups excluding carboxylic acids is 1. The van der Waals surface area contributed by atoms with Gasteiger partial charge in [-0.25, -0.2) is 4.98 Å². The molecule has 3 aliphatic heterocycles. The fraction of sp³-hybridized carbons (Fsp3) is 0.789. The van der Waals surface area contributed by atoms with E-state index in [9.17, 15) is 4.79 Å². The summed E-state index contributed by atoms with van der Waals surface area (Å²) in [7, 11) is 0. The Hall–Kier alpha value is -0.360. The molecule has 2 bridgehead atoms. The number of nitrogens with zero attached hydrogens (tertiary/aromatic N) is 2. The summed E-state index contributed by atoms with van der Waals surface area (Å²) >= 11 is 1.78. The first kappa shape index (κ1) is 21.9. The first-order chi connectivity index (χ1) is 11.7. The molecule has 1 aromatic rings. The number of likely N-dealkylation sites (tertiary alicyclic amines) is 1. The Morgan fingerprint density at radius 3 is 2.65 bits per heavy atom. The minimum atomic E-state index is 0. The van der Waals surface area contributed by atoms with Gasteiger partial charge in [-0.1, -0.05) is 6.92 Å². The average molecular weight is 420 g/mol. The highest BCUT2D eigenvalue weighted by Crippen LogP contribution is 2.34. The van der Waals surface area contributed by atoms with Gasteiger partial charge < -0.3 is 10.2 Å². The normalized spacial score (nSPS) is 30.4. The van der Waals surface area contributed by atoms with E-state index in [2.05, 4.69) is 22.5 Å². The molecule has 1 aromatic heterocycles. The number of aryl methyl sites for hydroxylation is 1. The maximum Gasteiger partial charge on any atom is 0.222 e. The van der Waals surface area contributed by atoms with Crippen molar-refractivity contribution in [3.63, 3.8) is 0 Å². The third-order valence-corrected chi connectivity index (χ3v) is 7.15. The number of hydrogen-bond donors (Lipinski definition) is 1. The van der Waals surface area contributed by atoms with Crippen LogP contribution in [-0.2, 0) is 11.2 Å². The summed E-state index contributed by atoms with van der Waals surface area (Å²) in [4.78, 5) is 19.7. The van der Waals surface area contributed by atoms with Gasteiger partial charge in [-0.3, -0.25) is 4.79 Å². The Morgan fingerprint density at radius 1 is 1.27 bits per heavy atom. The summed E-state index contributed by atoms with van der Waals surface area (Å²) in [6.45, 7) is 3.98. The maximum absolute atomic E-state index is 12.8. The molecule has 3 atom stereocenters. The van der Waals surface area contributed by atoms with Gasteiger partial charge in [0.05, 0.1) is 10.7 Å². The van der Waals surface area contributed by atoms with Gasteiger partial charge in [0.15, 0.2) is 0 Å². The van der Waals surface area contributed by atoms with Gasteiger partial charge in [-0.05, 0) is 50.9 Å². The summed E-state index contributed by atoms with van der Waals surface area (Å²) in [5.41, 5.74) is 1.20. The molecule has 26 heavy (non-hydrogen) atoms. The van der Waals surface area contributed by atoms with Crippen LogP contribution in [0.4, 0.5) is 0 Å². The lowest BCUT2D eigenvalue weighted by atomic mass is 9.88. The van der Waals surface area contributed by atoms with Gasteiger partial charge in [0.25, 0.3) is 0 Å². The Bertz CT molecular complexity index is 585. The van der Waals surface area contributed by atoms with Gasteiger partial charge in [0.2, 0.25) is 5.91 Å². The number of thiazole rings is 1. The summed E-state index contributed by atoms with van der Waals surface area (Å²) < 4.78 is 0. The predicted molar refractivity (Wildman–Crippen MR) is 112 cm³/mol. The zero-order valence-electron chi connectivity index (χ0n) is 15.5. The highest BCUT2D eigenvalue weighted by atomic mass is 35.5. The van der Waals surface area contributed by atoms with Gasteiger partial charge >= 0.3 is 0 Å². The van der Waals surface area contributed by atoms with E-state index in [0.717, 1.165) is 32.4 Å². The molecule has 1 amide bonds. The van der Waals surface area contributed by atoms with Crippen LogP contribution in [0.25, 0.3) is 0 Å². The average Bonchev–Trinajstić information content (AvgIpc) is 3.21. The molecule has 0 aliphatic carbocycles. The number of aromatic nitrogens is 1. The number of carbonyl (C=O) groups is 1. The topological polar surface area (TPSA) is 45.2 Å². The third kappa shape index (κ3) is 4.92. The van der Waals surface area contributed by atoms with Crippen LogP contribution in [0.1, 0.15) is 68.5 Å². The van der Waals surface area contributed by atoms with Crippen molar-refractivity contribution in [2.24, 2.45) is 5.92 Å². The number of fused-ring (bicyclic) bond motifs is 2. The van der Waals surface area contributed by atoms with Crippen molar-refractivity contribution in [2.45, 2.75) is 76.3 Å². The van der Waals surface area contributed by atoms with Crippen molar-refractivity contribution in [3.05, 3.63) is 16.1 Å². The zero-order chi connectivity index (χ0) is 16.5. The molecule has 0 spiro atoms. The number of nitrogens with one attached hydrogen (secondary N) is 1. The van der Waals surface area contributed by atoms with Crippen molar-refractivity contribution >= 4 is 42.1 Å². The molecule has 3 fully saturated rings. The van der Waals surface area contributed by atoms with Gasteiger partial charge in [0.1, 0.15) is 0 Å². The second kappa shape index (κ2) is 9.72. The third-order valence-electron chi connectivity index (χ3n) is 6.09. The molecule has 7 heteroatoms. The summed E-state index contributed by atoms with van der Waals surface area (Å²) in [5.74, 6) is 1.44. The minimum absolute atomic E-state index is 0. The first-order valence-electron chi connectivity index (χ1n) is 9.69. The molecular weight excluding hydrogens is 389 g/mol. The summed E-state index contributed by atoms with van der Waals surface area (Å²) in [6, 6.07) is 1.36. The Kier molecular flexibility index (Phi) is 8.20. The fourth-order valence-corrected chi connectivity index (χ4v) is 5.83. The Labute approximate surface area is 173 Å². The molecule has 4 nitrogen and oxygen atoms in total. The van der Waals surface area contributed by atoms with Crippen LogP contribution in [0.5, 0.6) is 0 Å². The molecule has 148 valence electrons. The van der Waals surface area contributed by atoms with Crippen LogP contribution in [0, 0.1) is 5.92 Å². The fourth-order valence-electron chi connectivity index (χ4n) is 4.80. The molecule has 0 radical (unpaired) electrons. The number of piperidine rings is 2. The highest BCUT2D eigenvalue weighted by molar-refractivity contribution is 7.09. The van der Waals surface area contributed by atoms with Crippen LogP contribution >= 0.6 is 36.2 Å². The second-order valence-corrected chi connectivity index (χ2v) is 8.78. The molecule has 0 aromatic carbocycles. The van der Waals surface area contributed by atoms with Crippen LogP contribution < -0.4 is 5.32 Å². The maximum atomic E-state index is 12.8. The van der Waals surface area contributed by atoms with E-state index in [1.165, 1.54) is 42.8 Å². The monoisotopic (exact) mass is 419 g/mol. The van der Waals surface area contributed by atoms with Crippen LogP contribution in [0.3, 0.4) is 0 Å². The summed E-state index contributed by atoms with van der Waals surface area (Å²) in [5, 5.41) is 7.10. The van der Waals surface area contributed by atoms with Gasteiger partial charge in [0, 0.05) is 42.9 Å². The summed E-state index contributed by atoms with van der Waals surface area (Å²) in [6.07, 6.45) is 9.09. The highest BCUT2D eigenvalue weighted by Gasteiger charge is 2.35. The molecule has 4 rings (SSSR count). The van der Waals surface area contributed by atoms with Gasteiger partial charge in [-0.2, -0.15) is 0 Å².